The summed E-state index contributed by atoms with van der Waals surface area (Å²) < 4.78 is 0. The van der Waals surface area contributed by atoms with Gasteiger partial charge >= 0.3 is 0 Å². The van der Waals surface area contributed by atoms with Crippen LogP contribution >= 0.6 is 0 Å². The Morgan fingerprint density at radius 1 is 1.14 bits per heavy atom. The molecule has 2 N–H and O–H groups in total. The van der Waals surface area contributed by atoms with Gasteiger partial charge in [-0.15, -0.1) is 0 Å². The van der Waals surface area contributed by atoms with Gasteiger partial charge in [0.15, 0.2) is 0 Å². The van der Waals surface area contributed by atoms with E-state index in [1.807, 2.05) is 14.0 Å². The van der Waals surface area contributed by atoms with Crippen molar-refractivity contribution < 1.29 is 5.11 Å². The summed E-state index contributed by atoms with van der Waals surface area (Å²) in [5.74, 6) is 0. The highest BCUT2D eigenvalue weighted by atomic mass is 16.3. The van der Waals surface area contributed by atoms with Crippen LogP contribution in [0.25, 0.3) is 0 Å². The molecule has 86 valence electrons. The third-order valence-corrected chi connectivity index (χ3v) is 2.32. The van der Waals surface area contributed by atoms with Gasteiger partial charge < -0.3 is 15.3 Å². The largest absolute Gasteiger partial charge is 0.394 e. The zero-order valence-corrected chi connectivity index (χ0v) is 10.5. The maximum atomic E-state index is 9.24. The first-order chi connectivity index (χ1) is 6.22. The van der Waals surface area contributed by atoms with E-state index in [2.05, 4.69) is 38.0 Å². The molecule has 0 aliphatic carbocycles. The minimum absolute atomic E-state index is 0.165. The molecule has 14 heavy (non-hydrogen) atoms. The summed E-state index contributed by atoms with van der Waals surface area (Å²) >= 11 is 0. The Labute approximate surface area is 88.5 Å². The fraction of sp³-hybridized carbons (Fsp3) is 1.00. The normalized spacial score (nSPS) is 17.1. The Kier molecular flexibility index (Phi) is 5.06. The maximum Gasteiger partial charge on any atom is 0.0623 e. The molecule has 1 unspecified atom stereocenters. The molecular formula is C11H26N2O. The average Bonchev–Trinajstić information content (AvgIpc) is 2.00. The van der Waals surface area contributed by atoms with Gasteiger partial charge in [0, 0.05) is 13.1 Å². The van der Waals surface area contributed by atoms with Crippen LogP contribution in [0, 0.1) is 5.41 Å². The van der Waals surface area contributed by atoms with E-state index in [1.165, 1.54) is 0 Å². The quantitative estimate of drug-likeness (QED) is 0.696. The second kappa shape index (κ2) is 5.10. The SMILES string of the molecule is CNC(C)(CO)CN(C)CC(C)(C)C. The fourth-order valence-electron chi connectivity index (χ4n) is 1.67. The number of likely N-dealkylation sites (N-methyl/N-ethyl adjacent to an activating group) is 2. The second-order valence-electron chi connectivity index (χ2n) is 5.70. The van der Waals surface area contributed by atoms with Crippen molar-refractivity contribution in [1.29, 1.82) is 0 Å². The van der Waals surface area contributed by atoms with Gasteiger partial charge in [-0.1, -0.05) is 20.8 Å². The third kappa shape index (κ3) is 5.58. The van der Waals surface area contributed by atoms with Gasteiger partial charge in [-0.2, -0.15) is 0 Å². The van der Waals surface area contributed by atoms with Gasteiger partial charge in [0.2, 0.25) is 0 Å². The lowest BCUT2D eigenvalue weighted by atomic mass is 9.95. The van der Waals surface area contributed by atoms with Crippen LogP contribution in [-0.4, -0.2) is 49.3 Å². The van der Waals surface area contributed by atoms with Gasteiger partial charge in [0.05, 0.1) is 12.1 Å². The van der Waals surface area contributed by atoms with Crippen molar-refractivity contribution in [2.75, 3.05) is 33.8 Å². The van der Waals surface area contributed by atoms with E-state index in [0.717, 1.165) is 13.1 Å². The number of rotatable bonds is 5. The number of hydrogen-bond donors (Lipinski definition) is 2. The van der Waals surface area contributed by atoms with Crippen molar-refractivity contribution in [2.45, 2.75) is 33.2 Å². The van der Waals surface area contributed by atoms with Crippen molar-refractivity contribution in [3.05, 3.63) is 0 Å². The zero-order valence-electron chi connectivity index (χ0n) is 10.5. The van der Waals surface area contributed by atoms with E-state index < -0.39 is 0 Å². The highest BCUT2D eigenvalue weighted by Gasteiger charge is 2.24. The first kappa shape index (κ1) is 13.9. The van der Waals surface area contributed by atoms with Crippen LogP contribution in [0.4, 0.5) is 0 Å². The summed E-state index contributed by atoms with van der Waals surface area (Å²) in [6.07, 6.45) is 0. The highest BCUT2D eigenvalue weighted by Crippen LogP contribution is 2.15. The van der Waals surface area contributed by atoms with Crippen LogP contribution in [-0.2, 0) is 0 Å². The lowest BCUT2D eigenvalue weighted by molar-refractivity contribution is 0.120. The summed E-state index contributed by atoms with van der Waals surface area (Å²) in [5, 5.41) is 12.4. The molecule has 3 heteroatoms. The molecule has 0 aliphatic heterocycles. The first-order valence-corrected chi connectivity index (χ1v) is 5.21. The van der Waals surface area contributed by atoms with Gasteiger partial charge in [0.1, 0.15) is 0 Å². The summed E-state index contributed by atoms with van der Waals surface area (Å²) in [6, 6.07) is 0. The number of nitrogens with one attached hydrogen (secondary N) is 1. The van der Waals surface area contributed by atoms with E-state index >= 15 is 0 Å². The Hall–Kier alpha value is -0.120. The summed E-state index contributed by atoms with van der Waals surface area (Å²) in [4.78, 5) is 2.26. The molecule has 0 rings (SSSR count). The number of aliphatic hydroxyl groups is 1. The van der Waals surface area contributed by atoms with Crippen molar-refractivity contribution in [2.24, 2.45) is 5.41 Å². The molecule has 0 saturated carbocycles. The zero-order chi connectivity index (χ0) is 11.4. The third-order valence-electron chi connectivity index (χ3n) is 2.32. The molecule has 0 spiro atoms. The molecule has 0 bridgehead atoms. The van der Waals surface area contributed by atoms with Crippen LogP contribution in [0.3, 0.4) is 0 Å². The molecule has 0 aromatic rings. The van der Waals surface area contributed by atoms with E-state index in [1.54, 1.807) is 0 Å². The second-order valence-corrected chi connectivity index (χ2v) is 5.70. The monoisotopic (exact) mass is 202 g/mol. The molecule has 3 nitrogen and oxygen atoms in total. The maximum absolute atomic E-state index is 9.24. The standard InChI is InChI=1S/C11H26N2O/c1-10(2,3)7-13(6)8-11(4,9-14)12-5/h12,14H,7-9H2,1-6H3. The Morgan fingerprint density at radius 3 is 1.93 bits per heavy atom. The van der Waals surface area contributed by atoms with Crippen LogP contribution in [0.5, 0.6) is 0 Å². The molecule has 0 aliphatic rings. The van der Waals surface area contributed by atoms with Gasteiger partial charge in [-0.3, -0.25) is 0 Å². The van der Waals surface area contributed by atoms with Crippen molar-refractivity contribution in [1.82, 2.24) is 10.2 Å². The van der Waals surface area contributed by atoms with Gasteiger partial charge in [0.25, 0.3) is 0 Å². The molecule has 0 fully saturated rings. The Bertz CT molecular complexity index is 159. The summed E-state index contributed by atoms with van der Waals surface area (Å²) in [5.41, 5.74) is 0.110. The molecule has 0 amide bonds. The molecule has 0 heterocycles. The molecule has 1 atom stereocenters. The van der Waals surface area contributed by atoms with Gasteiger partial charge in [-0.05, 0) is 26.4 Å². The lowest BCUT2D eigenvalue weighted by Crippen LogP contribution is -2.52. The summed E-state index contributed by atoms with van der Waals surface area (Å²) in [7, 11) is 3.98. The van der Waals surface area contributed by atoms with E-state index in [0.29, 0.717) is 5.41 Å². The van der Waals surface area contributed by atoms with Crippen molar-refractivity contribution >= 4 is 0 Å². The highest BCUT2D eigenvalue weighted by molar-refractivity contribution is 4.84. The van der Waals surface area contributed by atoms with Crippen LogP contribution in [0.2, 0.25) is 0 Å². The minimum atomic E-state index is -0.194. The average molecular weight is 202 g/mol. The molecule has 0 aromatic carbocycles. The molecular weight excluding hydrogens is 176 g/mol. The summed E-state index contributed by atoms with van der Waals surface area (Å²) in [6.45, 7) is 10.8. The molecule has 0 saturated heterocycles. The number of aliphatic hydroxyl groups excluding tert-OH is 1. The smallest absolute Gasteiger partial charge is 0.0623 e. The predicted octanol–water partition coefficient (Wildman–Crippen LogP) is 0.935. The van der Waals surface area contributed by atoms with Gasteiger partial charge in [-0.25, -0.2) is 0 Å². The van der Waals surface area contributed by atoms with Crippen LogP contribution in [0.1, 0.15) is 27.7 Å². The van der Waals surface area contributed by atoms with Crippen LogP contribution in [0.15, 0.2) is 0 Å². The molecule has 0 radical (unpaired) electrons. The van der Waals surface area contributed by atoms with E-state index in [9.17, 15) is 5.11 Å². The fourth-order valence-corrected chi connectivity index (χ4v) is 1.67. The van der Waals surface area contributed by atoms with E-state index in [-0.39, 0.29) is 12.1 Å². The lowest BCUT2D eigenvalue weighted by Gasteiger charge is -2.35. The Morgan fingerprint density at radius 2 is 1.64 bits per heavy atom. The molecule has 0 aromatic heterocycles. The van der Waals surface area contributed by atoms with Crippen LogP contribution < -0.4 is 5.32 Å². The van der Waals surface area contributed by atoms with Crippen molar-refractivity contribution in [3.63, 3.8) is 0 Å². The van der Waals surface area contributed by atoms with Crippen molar-refractivity contribution in [3.8, 4) is 0 Å². The Balaban J connectivity index is 4.10. The topological polar surface area (TPSA) is 35.5 Å². The predicted molar refractivity (Wildman–Crippen MR) is 61.5 cm³/mol. The number of nitrogens with zero attached hydrogens (tertiary/aromatic N) is 1. The minimum Gasteiger partial charge on any atom is -0.394 e. The number of hydrogen-bond acceptors (Lipinski definition) is 3. The van der Waals surface area contributed by atoms with E-state index in [4.69, 9.17) is 0 Å². The first-order valence-electron chi connectivity index (χ1n) is 5.21.